The highest BCUT2D eigenvalue weighted by Gasteiger charge is 2.13. The molecule has 3 heteroatoms. The van der Waals surface area contributed by atoms with Crippen LogP contribution in [0.1, 0.15) is 16.8 Å². The molecule has 2 N–H and O–H groups in total. The zero-order valence-electron chi connectivity index (χ0n) is 7.96. The standard InChI is InChI=1S/C10H13N3/c1-4-5-13-8(3)7(2)9(6-11)10(13)12/h4H,1,5,12H2,2-3H3. The van der Waals surface area contributed by atoms with Gasteiger partial charge in [0, 0.05) is 12.2 Å². The molecular formula is C10H13N3. The third kappa shape index (κ3) is 1.31. The van der Waals surface area contributed by atoms with Crippen LogP contribution in [0.3, 0.4) is 0 Å². The van der Waals surface area contributed by atoms with Gasteiger partial charge in [0.1, 0.15) is 11.9 Å². The van der Waals surface area contributed by atoms with Crippen molar-refractivity contribution < 1.29 is 0 Å². The lowest BCUT2D eigenvalue weighted by Gasteiger charge is -2.04. The van der Waals surface area contributed by atoms with Crippen LogP contribution < -0.4 is 5.73 Å². The fourth-order valence-corrected chi connectivity index (χ4v) is 1.40. The van der Waals surface area contributed by atoms with Crippen LogP contribution in [0.25, 0.3) is 0 Å². The molecule has 13 heavy (non-hydrogen) atoms. The maximum Gasteiger partial charge on any atom is 0.122 e. The van der Waals surface area contributed by atoms with E-state index in [2.05, 4.69) is 12.6 Å². The lowest BCUT2D eigenvalue weighted by molar-refractivity contribution is 0.806. The molecule has 0 fully saturated rings. The Labute approximate surface area is 78.1 Å². The minimum absolute atomic E-state index is 0.539. The summed E-state index contributed by atoms with van der Waals surface area (Å²) in [6.45, 7) is 8.16. The Morgan fingerprint density at radius 1 is 1.62 bits per heavy atom. The molecule has 0 spiro atoms. The zero-order valence-corrected chi connectivity index (χ0v) is 7.96. The second-order valence-electron chi connectivity index (χ2n) is 2.98. The van der Waals surface area contributed by atoms with Gasteiger partial charge in [-0.3, -0.25) is 0 Å². The number of rotatable bonds is 2. The summed E-state index contributed by atoms with van der Waals surface area (Å²) in [6.07, 6.45) is 1.77. The van der Waals surface area contributed by atoms with Gasteiger partial charge < -0.3 is 10.3 Å². The van der Waals surface area contributed by atoms with E-state index in [0.717, 1.165) is 11.3 Å². The third-order valence-electron chi connectivity index (χ3n) is 2.29. The number of nitrogens with zero attached hydrogens (tertiary/aromatic N) is 2. The molecular weight excluding hydrogens is 162 g/mol. The highest BCUT2D eigenvalue weighted by molar-refractivity contribution is 5.57. The van der Waals surface area contributed by atoms with Gasteiger partial charge in [-0.05, 0) is 19.4 Å². The van der Waals surface area contributed by atoms with E-state index in [4.69, 9.17) is 11.0 Å². The largest absolute Gasteiger partial charge is 0.384 e. The number of anilines is 1. The van der Waals surface area contributed by atoms with Crippen LogP contribution in [-0.4, -0.2) is 4.57 Å². The Balaban J connectivity index is 3.38. The van der Waals surface area contributed by atoms with Gasteiger partial charge in [-0.1, -0.05) is 6.08 Å². The summed E-state index contributed by atoms with van der Waals surface area (Å²) in [7, 11) is 0. The first-order chi connectivity index (χ1) is 6.13. The fourth-order valence-electron chi connectivity index (χ4n) is 1.40. The third-order valence-corrected chi connectivity index (χ3v) is 2.29. The van der Waals surface area contributed by atoms with E-state index in [1.165, 1.54) is 0 Å². The van der Waals surface area contributed by atoms with Gasteiger partial charge in [-0.15, -0.1) is 6.58 Å². The smallest absolute Gasteiger partial charge is 0.122 e. The Morgan fingerprint density at radius 3 is 2.62 bits per heavy atom. The SMILES string of the molecule is C=CCn1c(C)c(C)c(C#N)c1N. The lowest BCUT2D eigenvalue weighted by Crippen LogP contribution is -2.03. The number of aromatic nitrogens is 1. The number of nitriles is 1. The molecule has 1 aromatic heterocycles. The van der Waals surface area contributed by atoms with Crippen LogP contribution in [-0.2, 0) is 6.54 Å². The van der Waals surface area contributed by atoms with E-state index in [9.17, 15) is 0 Å². The van der Waals surface area contributed by atoms with Crippen LogP contribution in [0.4, 0.5) is 5.82 Å². The molecule has 0 radical (unpaired) electrons. The van der Waals surface area contributed by atoms with Crippen molar-refractivity contribution in [1.29, 1.82) is 5.26 Å². The average Bonchev–Trinajstić information content (AvgIpc) is 2.31. The lowest BCUT2D eigenvalue weighted by atomic mass is 10.2. The van der Waals surface area contributed by atoms with Crippen molar-refractivity contribution in [2.24, 2.45) is 0 Å². The highest BCUT2D eigenvalue weighted by atomic mass is 15.1. The molecule has 0 aliphatic heterocycles. The van der Waals surface area contributed by atoms with Crippen molar-refractivity contribution in [2.75, 3.05) is 5.73 Å². The summed E-state index contributed by atoms with van der Waals surface area (Å²) >= 11 is 0. The molecule has 1 rings (SSSR count). The van der Waals surface area contributed by atoms with E-state index >= 15 is 0 Å². The Kier molecular flexibility index (Phi) is 2.43. The Bertz CT molecular complexity index is 380. The summed E-state index contributed by atoms with van der Waals surface area (Å²) in [5, 5.41) is 8.84. The minimum atomic E-state index is 0.539. The monoisotopic (exact) mass is 175 g/mol. The second kappa shape index (κ2) is 3.36. The van der Waals surface area contributed by atoms with Crippen LogP contribution in [0, 0.1) is 25.2 Å². The molecule has 0 saturated heterocycles. The minimum Gasteiger partial charge on any atom is -0.384 e. The molecule has 0 amide bonds. The average molecular weight is 175 g/mol. The molecule has 0 saturated carbocycles. The molecule has 0 unspecified atom stereocenters. The van der Waals surface area contributed by atoms with Gasteiger partial charge in [-0.2, -0.15) is 5.26 Å². The Morgan fingerprint density at radius 2 is 2.23 bits per heavy atom. The number of hydrogen-bond donors (Lipinski definition) is 1. The quantitative estimate of drug-likeness (QED) is 0.696. The molecule has 68 valence electrons. The maximum absolute atomic E-state index is 8.84. The van der Waals surface area contributed by atoms with Gasteiger partial charge in [0.2, 0.25) is 0 Å². The number of nitrogens with two attached hydrogens (primary N) is 1. The topological polar surface area (TPSA) is 54.7 Å². The summed E-state index contributed by atoms with van der Waals surface area (Å²) in [5.74, 6) is 0.539. The predicted molar refractivity (Wildman–Crippen MR) is 53.2 cm³/mol. The first kappa shape index (κ1) is 9.40. The normalized spacial score (nSPS) is 9.62. The van der Waals surface area contributed by atoms with Crippen molar-refractivity contribution in [3.63, 3.8) is 0 Å². The number of nitrogen functional groups attached to an aromatic ring is 1. The van der Waals surface area contributed by atoms with E-state index in [1.807, 2.05) is 18.4 Å². The first-order valence-corrected chi connectivity index (χ1v) is 4.09. The first-order valence-electron chi connectivity index (χ1n) is 4.09. The van der Waals surface area contributed by atoms with Crippen LogP contribution in [0.2, 0.25) is 0 Å². The van der Waals surface area contributed by atoms with Gasteiger partial charge >= 0.3 is 0 Å². The van der Waals surface area contributed by atoms with Crippen molar-refractivity contribution in [3.05, 3.63) is 29.5 Å². The van der Waals surface area contributed by atoms with E-state index in [0.29, 0.717) is 17.9 Å². The molecule has 1 heterocycles. The van der Waals surface area contributed by atoms with E-state index < -0.39 is 0 Å². The van der Waals surface area contributed by atoms with Crippen LogP contribution >= 0.6 is 0 Å². The number of hydrogen-bond acceptors (Lipinski definition) is 2. The highest BCUT2D eigenvalue weighted by Crippen LogP contribution is 2.22. The van der Waals surface area contributed by atoms with E-state index in [1.54, 1.807) is 6.08 Å². The van der Waals surface area contributed by atoms with Gasteiger partial charge in [-0.25, -0.2) is 0 Å². The molecule has 0 bridgehead atoms. The Hall–Kier alpha value is -1.69. The maximum atomic E-state index is 8.84. The number of allylic oxidation sites excluding steroid dienone is 1. The molecule has 0 aliphatic carbocycles. The molecule has 0 aliphatic rings. The molecule has 1 aromatic rings. The summed E-state index contributed by atoms with van der Waals surface area (Å²) in [5.41, 5.74) is 8.37. The summed E-state index contributed by atoms with van der Waals surface area (Å²) in [4.78, 5) is 0. The zero-order chi connectivity index (χ0) is 10.0. The van der Waals surface area contributed by atoms with Crippen molar-refractivity contribution in [2.45, 2.75) is 20.4 Å². The van der Waals surface area contributed by atoms with Crippen molar-refractivity contribution >= 4 is 5.82 Å². The summed E-state index contributed by atoms with van der Waals surface area (Å²) in [6, 6.07) is 2.10. The molecule has 0 aromatic carbocycles. The van der Waals surface area contributed by atoms with Gasteiger partial charge in [0.15, 0.2) is 0 Å². The van der Waals surface area contributed by atoms with Gasteiger partial charge in [0.05, 0.1) is 5.56 Å². The van der Waals surface area contributed by atoms with Crippen LogP contribution in [0.5, 0.6) is 0 Å². The molecule has 0 atom stereocenters. The molecule has 3 nitrogen and oxygen atoms in total. The van der Waals surface area contributed by atoms with Gasteiger partial charge in [0.25, 0.3) is 0 Å². The predicted octanol–water partition coefficient (Wildman–Crippen LogP) is 1.74. The second-order valence-corrected chi connectivity index (χ2v) is 2.98. The van der Waals surface area contributed by atoms with Crippen LogP contribution in [0.15, 0.2) is 12.7 Å². The summed E-state index contributed by atoms with van der Waals surface area (Å²) < 4.78 is 1.89. The van der Waals surface area contributed by atoms with E-state index in [-0.39, 0.29) is 0 Å². The van der Waals surface area contributed by atoms with Crippen molar-refractivity contribution in [3.8, 4) is 6.07 Å². The fraction of sp³-hybridized carbons (Fsp3) is 0.300. The van der Waals surface area contributed by atoms with Crippen molar-refractivity contribution in [1.82, 2.24) is 4.57 Å².